The summed E-state index contributed by atoms with van der Waals surface area (Å²) in [5, 5.41) is 4.06. The highest BCUT2D eigenvalue weighted by Gasteiger charge is 2.21. The van der Waals surface area contributed by atoms with Crippen LogP contribution in [0.2, 0.25) is 0 Å². The number of benzene rings is 1. The van der Waals surface area contributed by atoms with Crippen LogP contribution < -0.4 is 0 Å². The fraction of sp³-hybridized carbons (Fsp3) is 0.429. The van der Waals surface area contributed by atoms with Crippen LogP contribution in [0.5, 0.6) is 0 Å². The van der Waals surface area contributed by atoms with Crippen molar-refractivity contribution in [3.8, 4) is 11.5 Å². The standard InChI is InChI=1S/C14H15FN2O/c15-12-8-6-11(7-9-12)14-16-13(17-18-14)10-4-2-1-3-5-10/h6-10H,1-5H2. The summed E-state index contributed by atoms with van der Waals surface area (Å²) in [6.45, 7) is 0. The summed E-state index contributed by atoms with van der Waals surface area (Å²) in [7, 11) is 0. The molecule has 0 spiro atoms. The fourth-order valence-electron chi connectivity index (χ4n) is 2.47. The van der Waals surface area contributed by atoms with Crippen LogP contribution in [-0.4, -0.2) is 10.1 Å². The highest BCUT2D eigenvalue weighted by Crippen LogP contribution is 2.31. The van der Waals surface area contributed by atoms with Gasteiger partial charge in [-0.1, -0.05) is 24.4 Å². The molecule has 0 atom stereocenters. The molecule has 1 aliphatic rings. The fourth-order valence-corrected chi connectivity index (χ4v) is 2.47. The lowest BCUT2D eigenvalue weighted by Crippen LogP contribution is -2.06. The van der Waals surface area contributed by atoms with Crippen LogP contribution in [0.4, 0.5) is 4.39 Å². The number of nitrogens with zero attached hydrogens (tertiary/aromatic N) is 2. The molecule has 18 heavy (non-hydrogen) atoms. The molecule has 3 rings (SSSR count). The summed E-state index contributed by atoms with van der Waals surface area (Å²) in [5.41, 5.74) is 0.769. The van der Waals surface area contributed by atoms with Gasteiger partial charge in [0.1, 0.15) is 5.82 Å². The van der Waals surface area contributed by atoms with Crippen LogP contribution in [0, 0.1) is 5.82 Å². The number of hydrogen-bond acceptors (Lipinski definition) is 3. The minimum Gasteiger partial charge on any atom is -0.334 e. The summed E-state index contributed by atoms with van der Waals surface area (Å²) in [4.78, 5) is 4.43. The normalized spacial score (nSPS) is 16.9. The molecule has 1 aliphatic carbocycles. The molecule has 0 amide bonds. The van der Waals surface area contributed by atoms with Crippen LogP contribution in [0.15, 0.2) is 28.8 Å². The maximum Gasteiger partial charge on any atom is 0.257 e. The Labute approximate surface area is 105 Å². The van der Waals surface area contributed by atoms with Gasteiger partial charge in [0.05, 0.1) is 0 Å². The number of halogens is 1. The number of hydrogen-bond donors (Lipinski definition) is 0. The first-order valence-corrected chi connectivity index (χ1v) is 6.42. The average molecular weight is 246 g/mol. The second kappa shape index (κ2) is 4.88. The van der Waals surface area contributed by atoms with E-state index in [-0.39, 0.29) is 5.82 Å². The van der Waals surface area contributed by atoms with Gasteiger partial charge in [0.15, 0.2) is 5.82 Å². The second-order valence-corrected chi connectivity index (χ2v) is 4.80. The lowest BCUT2D eigenvalue weighted by Gasteiger charge is -2.17. The summed E-state index contributed by atoms with van der Waals surface area (Å²) in [5.74, 6) is 1.45. The van der Waals surface area contributed by atoms with Crippen LogP contribution in [0.3, 0.4) is 0 Å². The van der Waals surface area contributed by atoms with Gasteiger partial charge in [-0.3, -0.25) is 0 Å². The molecule has 0 radical (unpaired) electrons. The molecule has 1 aromatic carbocycles. The van der Waals surface area contributed by atoms with Crippen LogP contribution in [-0.2, 0) is 0 Å². The first kappa shape index (κ1) is 11.4. The van der Waals surface area contributed by atoms with Crippen molar-refractivity contribution in [3.05, 3.63) is 35.9 Å². The molecule has 1 saturated carbocycles. The second-order valence-electron chi connectivity index (χ2n) is 4.80. The maximum absolute atomic E-state index is 12.8. The van der Waals surface area contributed by atoms with E-state index >= 15 is 0 Å². The Kier molecular flexibility index (Phi) is 3.09. The monoisotopic (exact) mass is 246 g/mol. The molecule has 2 aromatic rings. The SMILES string of the molecule is Fc1ccc(-c2nc(C3CCCCC3)no2)cc1. The van der Waals surface area contributed by atoms with Crippen molar-refractivity contribution < 1.29 is 8.91 Å². The molecular weight excluding hydrogens is 231 g/mol. The lowest BCUT2D eigenvalue weighted by molar-refractivity contribution is 0.385. The topological polar surface area (TPSA) is 38.9 Å². The first-order valence-electron chi connectivity index (χ1n) is 6.42. The molecule has 1 aromatic heterocycles. The Balaban J connectivity index is 1.82. The quantitative estimate of drug-likeness (QED) is 0.806. The Morgan fingerprint density at radius 2 is 1.78 bits per heavy atom. The Hall–Kier alpha value is -1.71. The van der Waals surface area contributed by atoms with Crippen molar-refractivity contribution in [2.75, 3.05) is 0 Å². The highest BCUT2D eigenvalue weighted by atomic mass is 19.1. The molecule has 0 saturated heterocycles. The average Bonchev–Trinajstić information content (AvgIpc) is 2.90. The van der Waals surface area contributed by atoms with E-state index in [1.807, 2.05) is 0 Å². The minimum absolute atomic E-state index is 0.259. The Bertz CT molecular complexity index is 515. The van der Waals surface area contributed by atoms with Crippen molar-refractivity contribution in [1.29, 1.82) is 0 Å². The lowest BCUT2D eigenvalue weighted by atomic mass is 9.89. The molecule has 4 heteroatoms. The van der Waals surface area contributed by atoms with Gasteiger partial charge in [-0.05, 0) is 37.1 Å². The van der Waals surface area contributed by atoms with Crippen molar-refractivity contribution in [1.82, 2.24) is 10.1 Å². The van der Waals surface area contributed by atoms with Gasteiger partial charge >= 0.3 is 0 Å². The van der Waals surface area contributed by atoms with Gasteiger partial charge in [0, 0.05) is 11.5 Å². The van der Waals surface area contributed by atoms with Gasteiger partial charge in [0.25, 0.3) is 5.89 Å². The smallest absolute Gasteiger partial charge is 0.257 e. The zero-order chi connectivity index (χ0) is 12.4. The van der Waals surface area contributed by atoms with E-state index in [1.54, 1.807) is 12.1 Å². The van der Waals surface area contributed by atoms with Crippen molar-refractivity contribution in [2.45, 2.75) is 38.0 Å². The molecule has 0 bridgehead atoms. The molecular formula is C14H15FN2O. The van der Waals surface area contributed by atoms with Crippen molar-refractivity contribution in [3.63, 3.8) is 0 Å². The van der Waals surface area contributed by atoms with Gasteiger partial charge in [-0.25, -0.2) is 4.39 Å². The van der Waals surface area contributed by atoms with Crippen molar-refractivity contribution >= 4 is 0 Å². The first-order chi connectivity index (χ1) is 8.83. The van der Waals surface area contributed by atoms with E-state index in [4.69, 9.17) is 4.52 Å². The molecule has 94 valence electrons. The van der Waals surface area contributed by atoms with Gasteiger partial charge < -0.3 is 4.52 Å². The Morgan fingerprint density at radius 3 is 2.50 bits per heavy atom. The van der Waals surface area contributed by atoms with E-state index in [0.717, 1.165) is 24.2 Å². The Morgan fingerprint density at radius 1 is 1.06 bits per heavy atom. The van der Waals surface area contributed by atoms with E-state index in [9.17, 15) is 4.39 Å². The molecule has 0 aliphatic heterocycles. The summed E-state index contributed by atoms with van der Waals surface area (Å²) in [6.07, 6.45) is 6.07. The van der Waals surface area contributed by atoms with E-state index in [1.165, 1.54) is 31.4 Å². The van der Waals surface area contributed by atoms with Crippen molar-refractivity contribution in [2.24, 2.45) is 0 Å². The molecule has 3 nitrogen and oxygen atoms in total. The number of rotatable bonds is 2. The third-order valence-corrected chi connectivity index (χ3v) is 3.50. The zero-order valence-electron chi connectivity index (χ0n) is 10.1. The zero-order valence-corrected chi connectivity index (χ0v) is 10.1. The maximum atomic E-state index is 12.8. The minimum atomic E-state index is -0.259. The molecule has 1 heterocycles. The predicted octanol–water partition coefficient (Wildman–Crippen LogP) is 3.92. The van der Waals surface area contributed by atoms with E-state index in [2.05, 4.69) is 10.1 Å². The summed E-state index contributed by atoms with van der Waals surface area (Å²) < 4.78 is 18.1. The summed E-state index contributed by atoms with van der Waals surface area (Å²) in [6, 6.07) is 6.13. The van der Waals surface area contributed by atoms with Crippen LogP contribution >= 0.6 is 0 Å². The summed E-state index contributed by atoms with van der Waals surface area (Å²) >= 11 is 0. The molecule has 0 unspecified atom stereocenters. The van der Waals surface area contributed by atoms with Gasteiger partial charge in [-0.15, -0.1) is 0 Å². The predicted molar refractivity (Wildman–Crippen MR) is 65.5 cm³/mol. The van der Waals surface area contributed by atoms with Gasteiger partial charge in [-0.2, -0.15) is 4.98 Å². The van der Waals surface area contributed by atoms with E-state index < -0.39 is 0 Å². The van der Waals surface area contributed by atoms with E-state index in [0.29, 0.717) is 11.8 Å². The van der Waals surface area contributed by atoms with Crippen LogP contribution in [0.1, 0.15) is 43.8 Å². The third kappa shape index (κ3) is 2.28. The largest absolute Gasteiger partial charge is 0.334 e. The molecule has 1 fully saturated rings. The number of aromatic nitrogens is 2. The van der Waals surface area contributed by atoms with Crippen LogP contribution in [0.25, 0.3) is 11.5 Å². The highest BCUT2D eigenvalue weighted by molar-refractivity contribution is 5.52. The van der Waals surface area contributed by atoms with Gasteiger partial charge in [0.2, 0.25) is 0 Å². The third-order valence-electron chi connectivity index (χ3n) is 3.50. The molecule has 0 N–H and O–H groups in total.